The highest BCUT2D eigenvalue weighted by atomic mass is 35.5. The second kappa shape index (κ2) is 7.07. The Labute approximate surface area is 148 Å². The van der Waals surface area contributed by atoms with Gasteiger partial charge < -0.3 is 13.7 Å². The van der Waals surface area contributed by atoms with Crippen LogP contribution in [0.1, 0.15) is 33.3 Å². The molecule has 24 heavy (non-hydrogen) atoms. The average Bonchev–Trinajstić information content (AvgIpc) is 2.70. The molecule has 0 N–H and O–H groups in total. The molecule has 0 fully saturated rings. The lowest BCUT2D eigenvalue weighted by Crippen LogP contribution is -2.36. The van der Waals surface area contributed by atoms with Crippen LogP contribution in [-0.4, -0.2) is 44.6 Å². The second-order valence-corrected chi connectivity index (χ2v) is 8.59. The zero-order valence-electron chi connectivity index (χ0n) is 14.6. The number of halogens is 1. The topological polar surface area (TPSA) is 65.1 Å². The lowest BCUT2D eigenvalue weighted by atomic mass is 9.85. The summed E-state index contributed by atoms with van der Waals surface area (Å²) in [5.74, 6) is 1.10. The van der Waals surface area contributed by atoms with Crippen LogP contribution in [0.4, 0.5) is 0 Å². The van der Waals surface area contributed by atoms with Gasteiger partial charge in [-0.15, -0.1) is 11.6 Å². The highest BCUT2D eigenvalue weighted by molar-refractivity contribution is 7.84. The minimum absolute atomic E-state index is 0.0175. The predicted molar refractivity (Wildman–Crippen MR) is 93.0 cm³/mol. The molecule has 1 atom stereocenters. The number of nitrogens with zero attached hydrogens (tertiary/aromatic N) is 1. The maximum atomic E-state index is 12.2. The van der Waals surface area contributed by atoms with E-state index in [4.69, 9.17) is 25.3 Å². The van der Waals surface area contributed by atoms with E-state index >= 15 is 0 Å². The Hall–Kier alpha value is -1.02. The summed E-state index contributed by atoms with van der Waals surface area (Å²) in [5.41, 5.74) is 0.422. The van der Waals surface area contributed by atoms with Crippen LogP contribution < -0.4 is 8.92 Å². The summed E-state index contributed by atoms with van der Waals surface area (Å²) in [6.45, 7) is 8.04. The van der Waals surface area contributed by atoms with Gasteiger partial charge in [-0.3, -0.25) is 0 Å². The van der Waals surface area contributed by atoms with Gasteiger partial charge in [0.25, 0.3) is 0 Å². The summed E-state index contributed by atoms with van der Waals surface area (Å²) in [4.78, 5) is 0. The van der Waals surface area contributed by atoms with Gasteiger partial charge in [-0.05, 0) is 45.9 Å². The number of hydrogen-bond acceptors (Lipinski definition) is 5. The number of benzene rings is 1. The zero-order chi connectivity index (χ0) is 18.1. The molecule has 1 heterocycles. The summed E-state index contributed by atoms with van der Waals surface area (Å²) in [7, 11) is -2.46. The Morgan fingerprint density at radius 2 is 2.04 bits per heavy atom. The van der Waals surface area contributed by atoms with Gasteiger partial charge in [0.05, 0.1) is 11.5 Å². The number of hydrogen-bond donors (Lipinski definition) is 0. The fourth-order valence-corrected chi connectivity index (χ4v) is 3.56. The predicted octanol–water partition coefficient (Wildman–Crippen LogP) is 2.90. The van der Waals surface area contributed by atoms with Gasteiger partial charge in [-0.1, -0.05) is 0 Å². The highest BCUT2D eigenvalue weighted by Gasteiger charge is 2.43. The molecule has 6 nitrogen and oxygen atoms in total. The van der Waals surface area contributed by atoms with E-state index in [2.05, 4.69) is 0 Å². The zero-order valence-corrected chi connectivity index (χ0v) is 16.1. The van der Waals surface area contributed by atoms with E-state index in [-0.39, 0.29) is 24.3 Å². The Morgan fingerprint density at radius 1 is 1.38 bits per heavy atom. The van der Waals surface area contributed by atoms with E-state index in [0.29, 0.717) is 5.75 Å². The molecule has 1 unspecified atom stereocenters. The van der Waals surface area contributed by atoms with Crippen LogP contribution in [-0.2, 0) is 20.5 Å². The van der Waals surface area contributed by atoms with Crippen LogP contribution in [0.15, 0.2) is 18.2 Å². The monoisotopic (exact) mass is 377 g/mol. The van der Waals surface area contributed by atoms with Crippen molar-refractivity contribution in [1.29, 1.82) is 0 Å². The lowest BCUT2D eigenvalue weighted by molar-refractivity contribution is -0.128. The molecule has 0 saturated heterocycles. The average molecular weight is 378 g/mol. The van der Waals surface area contributed by atoms with Gasteiger partial charge in [0.1, 0.15) is 11.5 Å². The number of fused-ring (bicyclic) bond motifs is 1. The summed E-state index contributed by atoms with van der Waals surface area (Å²) in [6, 6.07) is 4.96. The molecular weight excluding hydrogens is 354 g/mol. The van der Waals surface area contributed by atoms with Crippen molar-refractivity contribution in [3.63, 3.8) is 0 Å². The molecule has 0 aromatic heterocycles. The molecule has 136 valence electrons. The van der Waals surface area contributed by atoms with Gasteiger partial charge in [0.15, 0.2) is 0 Å². The van der Waals surface area contributed by atoms with Crippen molar-refractivity contribution in [3.8, 4) is 11.5 Å². The van der Waals surface area contributed by atoms with Crippen molar-refractivity contribution in [2.45, 2.75) is 45.5 Å². The van der Waals surface area contributed by atoms with Crippen LogP contribution in [0.25, 0.3) is 0 Å². The minimum Gasteiger partial charge on any atom is -0.464 e. The summed E-state index contributed by atoms with van der Waals surface area (Å²) < 4.78 is 42.2. The fraction of sp³-hybridized carbons (Fsp3) is 0.625. The Morgan fingerprint density at radius 3 is 2.62 bits per heavy atom. The van der Waals surface area contributed by atoms with Crippen molar-refractivity contribution < 1.29 is 22.1 Å². The molecule has 2 rings (SSSR count). The van der Waals surface area contributed by atoms with E-state index in [1.807, 2.05) is 27.7 Å². The van der Waals surface area contributed by atoms with Crippen molar-refractivity contribution in [2.24, 2.45) is 0 Å². The third-order valence-corrected chi connectivity index (χ3v) is 5.37. The Balaban J connectivity index is 2.25. The van der Waals surface area contributed by atoms with E-state index in [0.717, 1.165) is 9.87 Å². The largest absolute Gasteiger partial charge is 0.464 e. The highest BCUT2D eigenvalue weighted by Crippen LogP contribution is 2.45. The quantitative estimate of drug-likeness (QED) is 0.683. The third-order valence-electron chi connectivity index (χ3n) is 3.85. The first kappa shape index (κ1) is 19.3. The Bertz CT molecular complexity index is 690. The van der Waals surface area contributed by atoms with Gasteiger partial charge in [-0.2, -0.15) is 12.7 Å². The summed E-state index contributed by atoms with van der Waals surface area (Å²) in [6.07, 6.45) is -0.415. The molecule has 0 bridgehead atoms. The molecule has 1 aliphatic rings. The van der Waals surface area contributed by atoms with Crippen LogP contribution in [0.2, 0.25) is 0 Å². The number of rotatable bonds is 7. The maximum Gasteiger partial charge on any atom is 0.384 e. The van der Waals surface area contributed by atoms with Gasteiger partial charge >= 0.3 is 10.3 Å². The molecule has 1 aromatic carbocycles. The van der Waals surface area contributed by atoms with Crippen molar-refractivity contribution in [3.05, 3.63) is 23.8 Å². The normalized spacial score (nSPS) is 19.4. The molecule has 8 heteroatoms. The standard InChI is InChI=1S/C16H24ClNO5S/c1-11(2)21-15-16(3,4)13-10-12(6-7-14(13)22-15)23-24(19,20)18(5)9-8-17/h6-7,10-11,15H,8-9H2,1-5H3. The van der Waals surface area contributed by atoms with Gasteiger partial charge in [0, 0.05) is 25.0 Å². The first-order valence-corrected chi connectivity index (χ1v) is 9.66. The first-order chi connectivity index (χ1) is 11.1. The second-order valence-electron chi connectivity index (χ2n) is 6.57. The van der Waals surface area contributed by atoms with Gasteiger partial charge in [-0.25, -0.2) is 0 Å². The molecular formula is C16H24ClNO5S. The third kappa shape index (κ3) is 3.96. The molecule has 0 spiro atoms. The minimum atomic E-state index is -3.89. The molecule has 1 aliphatic heterocycles. The first-order valence-electron chi connectivity index (χ1n) is 7.76. The van der Waals surface area contributed by atoms with E-state index in [1.54, 1.807) is 18.2 Å². The number of ether oxygens (including phenoxy) is 2. The van der Waals surface area contributed by atoms with E-state index < -0.39 is 22.0 Å². The maximum absolute atomic E-state index is 12.2. The van der Waals surface area contributed by atoms with Crippen LogP contribution >= 0.6 is 11.6 Å². The molecule has 1 aromatic rings. The molecule has 0 aliphatic carbocycles. The van der Waals surface area contributed by atoms with Crippen molar-refractivity contribution >= 4 is 21.9 Å². The SMILES string of the molecule is CC(C)OC1Oc2ccc(OS(=O)(=O)N(C)CCCl)cc2C1(C)C. The van der Waals surface area contributed by atoms with Gasteiger partial charge in [0.2, 0.25) is 6.29 Å². The van der Waals surface area contributed by atoms with Crippen molar-refractivity contribution in [2.75, 3.05) is 19.5 Å². The van der Waals surface area contributed by atoms with Crippen LogP contribution in [0, 0.1) is 0 Å². The number of alkyl halides is 1. The summed E-state index contributed by atoms with van der Waals surface area (Å²) in [5, 5.41) is 0. The summed E-state index contributed by atoms with van der Waals surface area (Å²) >= 11 is 5.58. The Kier molecular flexibility index (Phi) is 5.69. The molecule has 0 saturated carbocycles. The van der Waals surface area contributed by atoms with E-state index in [1.165, 1.54) is 7.05 Å². The van der Waals surface area contributed by atoms with E-state index in [9.17, 15) is 8.42 Å². The van der Waals surface area contributed by atoms with Crippen LogP contribution in [0.3, 0.4) is 0 Å². The lowest BCUT2D eigenvalue weighted by Gasteiger charge is -2.27. The van der Waals surface area contributed by atoms with Crippen LogP contribution in [0.5, 0.6) is 11.5 Å². The van der Waals surface area contributed by atoms with Crippen molar-refractivity contribution in [1.82, 2.24) is 4.31 Å². The molecule has 0 amide bonds. The molecule has 0 radical (unpaired) electrons. The smallest absolute Gasteiger partial charge is 0.384 e. The fourth-order valence-electron chi connectivity index (χ4n) is 2.42.